The van der Waals surface area contributed by atoms with E-state index >= 15 is 0 Å². The number of halogens is 1. The molecule has 88 valence electrons. The van der Waals surface area contributed by atoms with Crippen LogP contribution in [0.5, 0.6) is 0 Å². The van der Waals surface area contributed by atoms with Crippen molar-refractivity contribution in [2.45, 2.75) is 19.3 Å². The van der Waals surface area contributed by atoms with E-state index < -0.39 is 0 Å². The molecule has 1 aliphatic rings. The Morgan fingerprint density at radius 1 is 1.31 bits per heavy atom. The maximum atomic E-state index is 12.7. The van der Waals surface area contributed by atoms with Gasteiger partial charge in [-0.05, 0) is 62.5 Å². The van der Waals surface area contributed by atoms with Crippen LogP contribution < -0.4 is 10.6 Å². The zero-order chi connectivity index (χ0) is 11.2. The largest absolute Gasteiger partial charge is 0.385 e. The van der Waals surface area contributed by atoms with E-state index in [1.807, 2.05) is 0 Å². The van der Waals surface area contributed by atoms with Gasteiger partial charge in [-0.25, -0.2) is 4.39 Å². The Hall–Kier alpha value is -1.09. The molecule has 1 aromatic rings. The van der Waals surface area contributed by atoms with Gasteiger partial charge < -0.3 is 10.6 Å². The first-order valence-electron chi connectivity index (χ1n) is 6.05. The fourth-order valence-electron chi connectivity index (χ4n) is 2.16. The van der Waals surface area contributed by atoms with Crippen LogP contribution >= 0.6 is 0 Å². The van der Waals surface area contributed by atoms with E-state index in [0.29, 0.717) is 0 Å². The third-order valence-electron chi connectivity index (χ3n) is 3.12. The van der Waals surface area contributed by atoms with Gasteiger partial charge in [-0.1, -0.05) is 0 Å². The van der Waals surface area contributed by atoms with Gasteiger partial charge in [0.05, 0.1) is 0 Å². The second kappa shape index (κ2) is 5.85. The van der Waals surface area contributed by atoms with Crippen LogP contribution in [0.2, 0.25) is 0 Å². The van der Waals surface area contributed by atoms with E-state index in [0.717, 1.165) is 24.7 Å². The lowest BCUT2D eigenvalue weighted by Crippen LogP contribution is -2.30. The Kier molecular flexibility index (Phi) is 4.17. The predicted molar refractivity (Wildman–Crippen MR) is 65.1 cm³/mol. The van der Waals surface area contributed by atoms with Crippen LogP contribution in [-0.2, 0) is 0 Å². The Balaban J connectivity index is 1.69. The van der Waals surface area contributed by atoms with Gasteiger partial charge in [-0.3, -0.25) is 0 Å². The molecule has 0 bridgehead atoms. The topological polar surface area (TPSA) is 24.1 Å². The smallest absolute Gasteiger partial charge is 0.123 e. The molecule has 0 aromatic heterocycles. The molecular formula is C13H19FN2. The molecule has 1 aromatic carbocycles. The number of nitrogens with one attached hydrogen (secondary N) is 2. The Bertz CT molecular complexity index is 304. The first-order chi connectivity index (χ1) is 7.84. The molecule has 1 unspecified atom stereocenters. The summed E-state index contributed by atoms with van der Waals surface area (Å²) >= 11 is 0. The molecule has 1 atom stereocenters. The van der Waals surface area contributed by atoms with Crippen LogP contribution in [-0.4, -0.2) is 19.6 Å². The number of hydrogen-bond donors (Lipinski definition) is 2. The lowest BCUT2D eigenvalue weighted by molar-refractivity contribution is 0.364. The fraction of sp³-hybridized carbons (Fsp3) is 0.538. The number of benzene rings is 1. The van der Waals surface area contributed by atoms with E-state index in [1.165, 1.54) is 37.9 Å². The Labute approximate surface area is 96.2 Å². The standard InChI is InChI=1S/C13H19FN2/c14-12-3-5-13(6-4-12)16-9-7-11-2-1-8-15-10-11/h3-6,11,15-16H,1-2,7-10H2. The second-order valence-corrected chi connectivity index (χ2v) is 4.43. The van der Waals surface area contributed by atoms with Crippen molar-refractivity contribution in [3.8, 4) is 0 Å². The minimum atomic E-state index is -0.179. The minimum Gasteiger partial charge on any atom is -0.385 e. The third kappa shape index (κ3) is 3.49. The molecule has 0 saturated carbocycles. The van der Waals surface area contributed by atoms with Crippen LogP contribution in [0, 0.1) is 11.7 Å². The average Bonchev–Trinajstić information content (AvgIpc) is 2.33. The molecular weight excluding hydrogens is 203 g/mol. The highest BCUT2D eigenvalue weighted by Gasteiger charge is 2.11. The number of piperidine rings is 1. The van der Waals surface area contributed by atoms with E-state index in [4.69, 9.17) is 0 Å². The predicted octanol–water partition coefficient (Wildman–Crippen LogP) is 2.63. The van der Waals surface area contributed by atoms with Crippen LogP contribution in [0.15, 0.2) is 24.3 Å². The van der Waals surface area contributed by atoms with Crippen LogP contribution in [0.1, 0.15) is 19.3 Å². The molecule has 3 heteroatoms. The normalized spacial score (nSPS) is 20.7. The summed E-state index contributed by atoms with van der Waals surface area (Å²) in [6.45, 7) is 3.28. The van der Waals surface area contributed by atoms with Crippen molar-refractivity contribution in [2.75, 3.05) is 25.0 Å². The summed E-state index contributed by atoms with van der Waals surface area (Å²) in [4.78, 5) is 0. The maximum Gasteiger partial charge on any atom is 0.123 e. The minimum absolute atomic E-state index is 0.179. The van der Waals surface area contributed by atoms with Crippen molar-refractivity contribution in [2.24, 2.45) is 5.92 Å². The van der Waals surface area contributed by atoms with Gasteiger partial charge in [0.25, 0.3) is 0 Å². The molecule has 1 fully saturated rings. The molecule has 1 saturated heterocycles. The molecule has 2 nitrogen and oxygen atoms in total. The number of anilines is 1. The second-order valence-electron chi connectivity index (χ2n) is 4.43. The first kappa shape index (κ1) is 11.4. The first-order valence-corrected chi connectivity index (χ1v) is 6.05. The molecule has 1 heterocycles. The van der Waals surface area contributed by atoms with Crippen LogP contribution in [0.4, 0.5) is 10.1 Å². The summed E-state index contributed by atoms with van der Waals surface area (Å²) in [5, 5.41) is 6.74. The van der Waals surface area contributed by atoms with Gasteiger partial charge in [0.1, 0.15) is 5.82 Å². The van der Waals surface area contributed by atoms with Crippen molar-refractivity contribution >= 4 is 5.69 Å². The maximum absolute atomic E-state index is 12.7. The van der Waals surface area contributed by atoms with Crippen LogP contribution in [0.3, 0.4) is 0 Å². The number of hydrogen-bond acceptors (Lipinski definition) is 2. The number of rotatable bonds is 4. The van der Waals surface area contributed by atoms with Crippen molar-refractivity contribution in [3.05, 3.63) is 30.1 Å². The fourth-order valence-corrected chi connectivity index (χ4v) is 2.16. The van der Waals surface area contributed by atoms with Gasteiger partial charge in [-0.2, -0.15) is 0 Å². The van der Waals surface area contributed by atoms with Gasteiger partial charge in [0.2, 0.25) is 0 Å². The van der Waals surface area contributed by atoms with Gasteiger partial charge in [0.15, 0.2) is 0 Å². The van der Waals surface area contributed by atoms with Gasteiger partial charge in [0, 0.05) is 12.2 Å². The third-order valence-corrected chi connectivity index (χ3v) is 3.12. The molecule has 2 N–H and O–H groups in total. The molecule has 2 rings (SSSR count). The summed E-state index contributed by atoms with van der Waals surface area (Å²) in [6.07, 6.45) is 3.81. The Morgan fingerprint density at radius 2 is 2.12 bits per heavy atom. The quantitative estimate of drug-likeness (QED) is 0.818. The SMILES string of the molecule is Fc1ccc(NCCC2CCCNC2)cc1. The van der Waals surface area contributed by atoms with Crippen LogP contribution in [0.25, 0.3) is 0 Å². The highest BCUT2D eigenvalue weighted by molar-refractivity contribution is 5.42. The molecule has 1 aliphatic heterocycles. The zero-order valence-electron chi connectivity index (χ0n) is 9.51. The summed E-state index contributed by atoms with van der Waals surface area (Å²) in [6, 6.07) is 6.55. The molecule has 0 aliphatic carbocycles. The molecule has 16 heavy (non-hydrogen) atoms. The zero-order valence-corrected chi connectivity index (χ0v) is 9.51. The molecule has 0 spiro atoms. The van der Waals surface area contributed by atoms with Gasteiger partial charge >= 0.3 is 0 Å². The summed E-state index contributed by atoms with van der Waals surface area (Å²) < 4.78 is 12.7. The summed E-state index contributed by atoms with van der Waals surface area (Å²) in [5.74, 6) is 0.615. The van der Waals surface area contributed by atoms with Gasteiger partial charge in [-0.15, -0.1) is 0 Å². The van der Waals surface area contributed by atoms with E-state index in [1.54, 1.807) is 12.1 Å². The summed E-state index contributed by atoms with van der Waals surface area (Å²) in [7, 11) is 0. The molecule has 0 radical (unpaired) electrons. The van der Waals surface area contributed by atoms with Crippen molar-refractivity contribution in [1.82, 2.24) is 5.32 Å². The van der Waals surface area contributed by atoms with Crippen molar-refractivity contribution in [1.29, 1.82) is 0 Å². The summed E-state index contributed by atoms with van der Waals surface area (Å²) in [5.41, 5.74) is 1.00. The van der Waals surface area contributed by atoms with Crippen molar-refractivity contribution < 1.29 is 4.39 Å². The van der Waals surface area contributed by atoms with Crippen molar-refractivity contribution in [3.63, 3.8) is 0 Å². The lowest BCUT2D eigenvalue weighted by atomic mass is 9.96. The lowest BCUT2D eigenvalue weighted by Gasteiger charge is -2.22. The average molecular weight is 222 g/mol. The van der Waals surface area contributed by atoms with E-state index in [2.05, 4.69) is 10.6 Å². The Morgan fingerprint density at radius 3 is 2.81 bits per heavy atom. The molecule has 0 amide bonds. The van der Waals surface area contributed by atoms with E-state index in [9.17, 15) is 4.39 Å². The van der Waals surface area contributed by atoms with E-state index in [-0.39, 0.29) is 5.82 Å². The highest BCUT2D eigenvalue weighted by atomic mass is 19.1. The monoisotopic (exact) mass is 222 g/mol. The highest BCUT2D eigenvalue weighted by Crippen LogP contribution is 2.14.